The summed E-state index contributed by atoms with van der Waals surface area (Å²) in [6.07, 6.45) is 2.23. The summed E-state index contributed by atoms with van der Waals surface area (Å²) >= 11 is 0. The molecule has 2 rings (SSSR count). The van der Waals surface area contributed by atoms with Crippen molar-refractivity contribution < 1.29 is 12.8 Å². The molecule has 1 atom stereocenters. The number of sulfonamides is 1. The second-order valence-corrected chi connectivity index (χ2v) is 6.14. The van der Waals surface area contributed by atoms with Gasteiger partial charge >= 0.3 is 0 Å². The van der Waals surface area contributed by atoms with Gasteiger partial charge in [-0.15, -0.1) is 0 Å². The van der Waals surface area contributed by atoms with Crippen LogP contribution in [-0.4, -0.2) is 13.4 Å². The van der Waals surface area contributed by atoms with Gasteiger partial charge in [0.2, 0.25) is 15.0 Å². The number of alkyl halides is 1. The normalized spacial score (nSPS) is 24.4. The lowest BCUT2D eigenvalue weighted by molar-refractivity contribution is 0.334. The van der Waals surface area contributed by atoms with E-state index in [2.05, 4.69) is 0 Å². The largest absolute Gasteiger partial charge is 0.248 e. The number of benzene rings is 1. The van der Waals surface area contributed by atoms with Crippen molar-refractivity contribution in [3.63, 3.8) is 0 Å². The number of rotatable bonds is 2. The van der Waals surface area contributed by atoms with Gasteiger partial charge in [-0.05, 0) is 29.7 Å². The van der Waals surface area contributed by atoms with E-state index in [4.69, 9.17) is 5.14 Å². The van der Waals surface area contributed by atoms with Crippen molar-refractivity contribution in [2.45, 2.75) is 18.3 Å². The van der Waals surface area contributed by atoms with Crippen molar-refractivity contribution in [3.05, 3.63) is 53.6 Å². The fraction of sp³-hybridized carbons (Fsp3) is 0.231. The summed E-state index contributed by atoms with van der Waals surface area (Å²) in [5, 5.41) is 2.44. The summed E-state index contributed by atoms with van der Waals surface area (Å²) < 4.78 is 37.0. The third kappa shape index (κ3) is 2.23. The zero-order chi connectivity index (χ0) is 13.4. The Kier molecular flexibility index (Phi) is 3.12. The molecule has 0 aliphatic heterocycles. The molecule has 1 unspecified atom stereocenters. The Balaban J connectivity index is 2.48. The lowest BCUT2D eigenvalue weighted by Gasteiger charge is -2.25. The number of primary sulfonamides is 1. The summed E-state index contributed by atoms with van der Waals surface area (Å²) in [5.41, 5.74) is 2.32. The molecule has 0 fully saturated rings. The Morgan fingerprint density at radius 2 is 1.89 bits per heavy atom. The van der Waals surface area contributed by atoms with Crippen LogP contribution in [0.4, 0.5) is 4.39 Å². The van der Waals surface area contributed by atoms with Crippen LogP contribution in [0.1, 0.15) is 18.9 Å². The summed E-state index contributed by atoms with van der Waals surface area (Å²) in [5.74, 6) is 0. The fourth-order valence-electron chi connectivity index (χ4n) is 1.95. The first kappa shape index (κ1) is 13.0. The molecule has 5 heteroatoms. The van der Waals surface area contributed by atoms with Crippen LogP contribution in [0.2, 0.25) is 0 Å². The van der Waals surface area contributed by atoms with Crippen LogP contribution in [0.15, 0.2) is 48.1 Å². The maximum absolute atomic E-state index is 14.4. The van der Waals surface area contributed by atoms with Gasteiger partial charge in [0.1, 0.15) is 0 Å². The number of hydrogen-bond donors (Lipinski definition) is 1. The molecule has 18 heavy (non-hydrogen) atoms. The van der Waals surface area contributed by atoms with Crippen LogP contribution < -0.4 is 5.14 Å². The van der Waals surface area contributed by atoms with Crippen LogP contribution in [0.3, 0.4) is 0 Å². The van der Waals surface area contributed by atoms with Gasteiger partial charge < -0.3 is 0 Å². The van der Waals surface area contributed by atoms with E-state index in [1.54, 1.807) is 0 Å². The molecular formula is C13H14FNO2S. The first-order chi connectivity index (χ1) is 8.33. The van der Waals surface area contributed by atoms with Crippen LogP contribution in [0, 0.1) is 0 Å². The monoisotopic (exact) mass is 267 g/mol. The van der Waals surface area contributed by atoms with Gasteiger partial charge in [0.05, 0.1) is 0 Å². The van der Waals surface area contributed by atoms with E-state index in [9.17, 15) is 12.8 Å². The summed E-state index contributed by atoms with van der Waals surface area (Å²) in [6, 6.07) is 9.14. The Morgan fingerprint density at radius 3 is 2.44 bits per heavy atom. The molecule has 1 aliphatic carbocycles. The first-order valence-corrected chi connectivity index (χ1v) is 7.04. The molecule has 3 nitrogen and oxygen atoms in total. The highest BCUT2D eigenvalue weighted by molar-refractivity contribution is 7.90. The van der Waals surface area contributed by atoms with Crippen LogP contribution in [-0.2, 0) is 10.0 Å². The van der Waals surface area contributed by atoms with Gasteiger partial charge in [0, 0.05) is 6.42 Å². The summed E-state index contributed by atoms with van der Waals surface area (Å²) in [7, 11) is -4.28. The van der Waals surface area contributed by atoms with Gasteiger partial charge in [-0.2, -0.15) is 0 Å². The Bertz CT molecular complexity index is 620. The topological polar surface area (TPSA) is 60.2 Å². The molecule has 0 saturated heterocycles. The third-order valence-corrected chi connectivity index (χ3v) is 4.30. The molecule has 0 spiro atoms. The predicted molar refractivity (Wildman–Crippen MR) is 69.7 cm³/mol. The van der Waals surface area contributed by atoms with Gasteiger partial charge in [-0.1, -0.05) is 36.4 Å². The lowest BCUT2D eigenvalue weighted by atomic mass is 9.91. The predicted octanol–water partition coefficient (Wildman–Crippen LogP) is 2.37. The zero-order valence-corrected chi connectivity index (χ0v) is 10.7. The highest BCUT2D eigenvalue weighted by atomic mass is 32.2. The number of hydrogen-bond acceptors (Lipinski definition) is 2. The number of allylic oxidation sites excluding steroid dienone is 3. The molecule has 0 aromatic heterocycles. The van der Waals surface area contributed by atoms with E-state index in [0.29, 0.717) is 5.57 Å². The highest BCUT2D eigenvalue weighted by Gasteiger charge is 2.42. The average Bonchev–Trinajstić information content (AvgIpc) is 2.32. The van der Waals surface area contributed by atoms with Crippen LogP contribution >= 0.6 is 0 Å². The minimum absolute atomic E-state index is 0.252. The maximum Gasteiger partial charge on any atom is 0.248 e. The standard InChI is InChI=1S/C13H14FNO2S/c1-10-7-8-13(14,18(15,16)17)9-12(10)11-5-3-2-4-6-11/h2-8H,9H2,1H3,(H2,15,16,17). The molecule has 1 aromatic rings. The minimum atomic E-state index is -4.28. The molecule has 0 bridgehead atoms. The second-order valence-electron chi connectivity index (χ2n) is 4.37. The van der Waals surface area contributed by atoms with Crippen molar-refractivity contribution in [2.75, 3.05) is 0 Å². The summed E-state index contributed by atoms with van der Waals surface area (Å²) in [6.45, 7) is 1.82. The van der Waals surface area contributed by atoms with E-state index >= 15 is 0 Å². The first-order valence-electron chi connectivity index (χ1n) is 5.49. The van der Waals surface area contributed by atoms with E-state index in [1.165, 1.54) is 6.08 Å². The molecular weight excluding hydrogens is 253 g/mol. The Hall–Kier alpha value is -1.46. The fourth-order valence-corrected chi connectivity index (χ4v) is 2.56. The molecule has 0 amide bonds. The van der Waals surface area contributed by atoms with Crippen LogP contribution in [0.25, 0.3) is 5.57 Å². The van der Waals surface area contributed by atoms with Crippen molar-refractivity contribution in [1.82, 2.24) is 0 Å². The van der Waals surface area contributed by atoms with Crippen molar-refractivity contribution in [1.29, 1.82) is 0 Å². The number of halogens is 1. The molecule has 0 heterocycles. The molecule has 2 N–H and O–H groups in total. The Morgan fingerprint density at radius 1 is 1.28 bits per heavy atom. The van der Waals surface area contributed by atoms with Gasteiger partial charge in [-0.25, -0.2) is 17.9 Å². The van der Waals surface area contributed by atoms with Crippen molar-refractivity contribution in [3.8, 4) is 0 Å². The van der Waals surface area contributed by atoms with E-state index in [-0.39, 0.29) is 6.42 Å². The Labute approximate surface area is 106 Å². The minimum Gasteiger partial charge on any atom is -0.226 e. The van der Waals surface area contributed by atoms with Gasteiger partial charge in [0.25, 0.3) is 0 Å². The van der Waals surface area contributed by atoms with Crippen LogP contribution in [0.5, 0.6) is 0 Å². The molecule has 1 aromatic carbocycles. The van der Waals surface area contributed by atoms with E-state index in [0.717, 1.165) is 17.2 Å². The number of nitrogens with two attached hydrogens (primary N) is 1. The van der Waals surface area contributed by atoms with E-state index < -0.39 is 15.0 Å². The van der Waals surface area contributed by atoms with Crippen molar-refractivity contribution >= 4 is 15.6 Å². The van der Waals surface area contributed by atoms with Gasteiger partial charge in [-0.3, -0.25) is 0 Å². The molecule has 0 radical (unpaired) electrons. The van der Waals surface area contributed by atoms with E-state index in [1.807, 2.05) is 37.3 Å². The van der Waals surface area contributed by atoms with Crippen molar-refractivity contribution in [2.24, 2.45) is 5.14 Å². The second kappa shape index (κ2) is 4.33. The SMILES string of the molecule is CC1=C(c2ccccc2)CC(F)(S(N)(=O)=O)C=C1. The smallest absolute Gasteiger partial charge is 0.226 e. The molecule has 0 saturated carbocycles. The quantitative estimate of drug-likeness (QED) is 0.894. The average molecular weight is 267 g/mol. The highest BCUT2D eigenvalue weighted by Crippen LogP contribution is 2.38. The molecule has 1 aliphatic rings. The molecule has 96 valence electrons. The maximum atomic E-state index is 14.4. The third-order valence-electron chi connectivity index (χ3n) is 3.07. The summed E-state index contributed by atoms with van der Waals surface area (Å²) in [4.78, 5) is 0. The lowest BCUT2D eigenvalue weighted by Crippen LogP contribution is -2.38. The van der Waals surface area contributed by atoms with Gasteiger partial charge in [0.15, 0.2) is 0 Å². The zero-order valence-electron chi connectivity index (χ0n) is 9.93.